The van der Waals surface area contributed by atoms with Crippen LogP contribution in [0.15, 0.2) is 18.7 Å². The zero-order valence-corrected chi connectivity index (χ0v) is 13.4. The van der Waals surface area contributed by atoms with Crippen molar-refractivity contribution < 1.29 is 9.47 Å². The van der Waals surface area contributed by atoms with E-state index >= 15 is 0 Å². The van der Waals surface area contributed by atoms with E-state index in [9.17, 15) is 0 Å². The minimum absolute atomic E-state index is 0.103. The number of hydrogen-bond donors (Lipinski definition) is 0. The van der Waals surface area contributed by atoms with Gasteiger partial charge in [0, 0.05) is 45.7 Å². The van der Waals surface area contributed by atoms with E-state index < -0.39 is 0 Å². The van der Waals surface area contributed by atoms with Crippen molar-refractivity contribution in [3.63, 3.8) is 0 Å². The van der Waals surface area contributed by atoms with Crippen molar-refractivity contribution in [3.05, 3.63) is 24.5 Å². The maximum absolute atomic E-state index is 5.80. The number of imidazole rings is 1. The van der Waals surface area contributed by atoms with E-state index in [0.717, 1.165) is 32.6 Å². The summed E-state index contributed by atoms with van der Waals surface area (Å²) >= 11 is 0. The van der Waals surface area contributed by atoms with E-state index in [1.807, 2.05) is 18.7 Å². The molecule has 1 fully saturated rings. The molecular weight excluding hydrogens is 298 g/mol. The van der Waals surface area contributed by atoms with Gasteiger partial charge < -0.3 is 14.0 Å². The van der Waals surface area contributed by atoms with E-state index in [1.165, 1.54) is 0 Å². The first kappa shape index (κ1) is 16.0. The molecule has 3 rings (SSSR count). The average Bonchev–Trinajstić information content (AvgIpc) is 3.25. The Morgan fingerprint density at radius 3 is 3.13 bits per heavy atom. The number of morpholine rings is 1. The Morgan fingerprint density at radius 1 is 1.35 bits per heavy atom. The molecule has 2 aromatic heterocycles. The van der Waals surface area contributed by atoms with Gasteiger partial charge in [0.25, 0.3) is 0 Å². The molecular formula is C14H23N7O2. The number of aryl methyl sites for hydroxylation is 1. The van der Waals surface area contributed by atoms with Crippen molar-refractivity contribution in [2.24, 2.45) is 0 Å². The van der Waals surface area contributed by atoms with Crippen LogP contribution in [0, 0.1) is 0 Å². The van der Waals surface area contributed by atoms with Crippen molar-refractivity contribution in [2.75, 3.05) is 40.0 Å². The summed E-state index contributed by atoms with van der Waals surface area (Å²) in [6, 6.07) is 0. The highest BCUT2D eigenvalue weighted by Crippen LogP contribution is 2.18. The molecule has 0 N–H and O–H groups in total. The third-order valence-corrected chi connectivity index (χ3v) is 3.85. The Hall–Kier alpha value is -1.84. The monoisotopic (exact) mass is 321 g/mol. The van der Waals surface area contributed by atoms with Gasteiger partial charge in [0.05, 0.1) is 26.1 Å². The molecule has 1 saturated heterocycles. The average molecular weight is 321 g/mol. The van der Waals surface area contributed by atoms with Crippen molar-refractivity contribution in [1.82, 2.24) is 34.7 Å². The highest BCUT2D eigenvalue weighted by molar-refractivity contribution is 4.89. The van der Waals surface area contributed by atoms with Gasteiger partial charge in [-0.25, -0.2) is 4.98 Å². The first-order valence-electron chi connectivity index (χ1n) is 7.91. The lowest BCUT2D eigenvalue weighted by Gasteiger charge is -2.31. The van der Waals surface area contributed by atoms with Crippen LogP contribution in [0.4, 0.5) is 0 Å². The number of aromatic nitrogens is 6. The summed E-state index contributed by atoms with van der Waals surface area (Å²) in [7, 11) is 1.66. The second kappa shape index (κ2) is 8.14. The number of hydrogen-bond acceptors (Lipinski definition) is 7. The SMILES string of the molecule is COCCn1nnc(C2CN(CCCn3ccnc3)CCO2)n1. The minimum atomic E-state index is -0.103. The lowest BCUT2D eigenvalue weighted by molar-refractivity contribution is -0.0350. The Kier molecular flexibility index (Phi) is 5.67. The van der Waals surface area contributed by atoms with Crippen molar-refractivity contribution >= 4 is 0 Å². The van der Waals surface area contributed by atoms with Gasteiger partial charge in [-0.05, 0) is 11.6 Å². The van der Waals surface area contributed by atoms with Crippen LogP contribution in [0.2, 0.25) is 0 Å². The maximum Gasteiger partial charge on any atom is 0.204 e. The van der Waals surface area contributed by atoms with Crippen molar-refractivity contribution in [1.29, 1.82) is 0 Å². The second-order valence-corrected chi connectivity index (χ2v) is 5.55. The van der Waals surface area contributed by atoms with E-state index in [-0.39, 0.29) is 6.10 Å². The molecule has 1 atom stereocenters. The van der Waals surface area contributed by atoms with Gasteiger partial charge in [-0.1, -0.05) is 0 Å². The van der Waals surface area contributed by atoms with Crippen LogP contribution in [0.5, 0.6) is 0 Å². The largest absolute Gasteiger partial charge is 0.383 e. The predicted molar refractivity (Wildman–Crippen MR) is 81.7 cm³/mol. The van der Waals surface area contributed by atoms with Crippen LogP contribution >= 0.6 is 0 Å². The fourth-order valence-corrected chi connectivity index (χ4v) is 2.61. The first-order valence-corrected chi connectivity index (χ1v) is 7.91. The molecule has 0 aliphatic carbocycles. The van der Waals surface area contributed by atoms with Gasteiger partial charge >= 0.3 is 0 Å². The lowest BCUT2D eigenvalue weighted by Crippen LogP contribution is -2.39. The van der Waals surface area contributed by atoms with Gasteiger partial charge in [-0.15, -0.1) is 10.2 Å². The third kappa shape index (κ3) is 4.57. The quantitative estimate of drug-likeness (QED) is 0.675. The van der Waals surface area contributed by atoms with Gasteiger partial charge in [0.15, 0.2) is 0 Å². The first-order chi connectivity index (χ1) is 11.3. The Morgan fingerprint density at radius 2 is 2.30 bits per heavy atom. The highest BCUT2D eigenvalue weighted by Gasteiger charge is 2.25. The topological polar surface area (TPSA) is 83.1 Å². The van der Waals surface area contributed by atoms with Gasteiger partial charge in [-0.2, -0.15) is 4.80 Å². The molecule has 9 nitrogen and oxygen atoms in total. The zero-order chi connectivity index (χ0) is 15.9. The Labute approximate surface area is 135 Å². The molecule has 3 heterocycles. The molecule has 2 aromatic rings. The molecule has 0 radical (unpaired) electrons. The Bertz CT molecular complexity index is 571. The smallest absolute Gasteiger partial charge is 0.204 e. The number of rotatable bonds is 8. The van der Waals surface area contributed by atoms with Crippen molar-refractivity contribution in [3.8, 4) is 0 Å². The molecule has 0 amide bonds. The van der Waals surface area contributed by atoms with E-state index in [2.05, 4.69) is 29.9 Å². The third-order valence-electron chi connectivity index (χ3n) is 3.85. The van der Waals surface area contributed by atoms with E-state index in [1.54, 1.807) is 11.9 Å². The molecule has 1 aliphatic rings. The molecule has 0 aromatic carbocycles. The maximum atomic E-state index is 5.80. The molecule has 1 aliphatic heterocycles. The molecule has 0 spiro atoms. The number of methoxy groups -OCH3 is 1. The predicted octanol–water partition coefficient (Wildman–Crippen LogP) is -0.0204. The summed E-state index contributed by atoms with van der Waals surface area (Å²) in [6.07, 6.45) is 6.63. The number of tetrazole rings is 1. The zero-order valence-electron chi connectivity index (χ0n) is 13.4. The molecule has 1 unspecified atom stereocenters. The summed E-state index contributed by atoms with van der Waals surface area (Å²) in [5.41, 5.74) is 0. The number of ether oxygens (including phenoxy) is 2. The van der Waals surface area contributed by atoms with Crippen molar-refractivity contribution in [2.45, 2.75) is 25.6 Å². The normalized spacial score (nSPS) is 19.3. The van der Waals surface area contributed by atoms with Crippen LogP contribution in [0.3, 0.4) is 0 Å². The lowest BCUT2D eigenvalue weighted by atomic mass is 10.2. The van der Waals surface area contributed by atoms with Crippen LogP contribution < -0.4 is 0 Å². The highest BCUT2D eigenvalue weighted by atomic mass is 16.5. The fourth-order valence-electron chi connectivity index (χ4n) is 2.61. The van der Waals surface area contributed by atoms with Gasteiger partial charge in [0.2, 0.25) is 5.82 Å². The summed E-state index contributed by atoms with van der Waals surface area (Å²) in [4.78, 5) is 8.00. The summed E-state index contributed by atoms with van der Waals surface area (Å²) in [5.74, 6) is 0.653. The molecule has 23 heavy (non-hydrogen) atoms. The van der Waals surface area contributed by atoms with Crippen LogP contribution in [0.1, 0.15) is 18.3 Å². The fraction of sp³-hybridized carbons (Fsp3) is 0.714. The van der Waals surface area contributed by atoms with Gasteiger partial charge in [-0.3, -0.25) is 4.90 Å². The minimum Gasteiger partial charge on any atom is -0.383 e. The van der Waals surface area contributed by atoms with Crippen LogP contribution in [-0.4, -0.2) is 74.6 Å². The van der Waals surface area contributed by atoms with Crippen LogP contribution in [-0.2, 0) is 22.6 Å². The molecule has 9 heteroatoms. The summed E-state index contributed by atoms with van der Waals surface area (Å²) < 4.78 is 12.9. The summed E-state index contributed by atoms with van der Waals surface area (Å²) in [5, 5.41) is 12.5. The number of nitrogens with zero attached hydrogens (tertiary/aromatic N) is 7. The molecule has 0 bridgehead atoms. The van der Waals surface area contributed by atoms with Crippen LogP contribution in [0.25, 0.3) is 0 Å². The standard InChI is InChI=1S/C14H23N7O2/c1-22-9-8-21-17-14(16-18-21)13-11-19(7-10-23-13)4-2-5-20-6-3-15-12-20/h3,6,12-13H,2,4-5,7-11H2,1H3. The van der Waals surface area contributed by atoms with Gasteiger partial charge in [0.1, 0.15) is 6.10 Å². The molecule has 0 saturated carbocycles. The Balaban J connectivity index is 1.46. The molecule has 126 valence electrons. The van der Waals surface area contributed by atoms with E-state index in [0.29, 0.717) is 25.6 Å². The summed E-state index contributed by atoms with van der Waals surface area (Å²) in [6.45, 7) is 5.62. The second-order valence-electron chi connectivity index (χ2n) is 5.55. The van der Waals surface area contributed by atoms with E-state index in [4.69, 9.17) is 9.47 Å².